The van der Waals surface area contributed by atoms with Crippen molar-refractivity contribution >= 4 is 35.3 Å². The molecule has 5 nitrogen and oxygen atoms in total. The van der Waals surface area contributed by atoms with Crippen molar-refractivity contribution in [1.29, 1.82) is 0 Å². The van der Waals surface area contributed by atoms with Gasteiger partial charge in [-0.3, -0.25) is 9.59 Å². The summed E-state index contributed by atoms with van der Waals surface area (Å²) in [6.07, 6.45) is 2.00. The van der Waals surface area contributed by atoms with E-state index in [1.165, 1.54) is 6.21 Å². The third kappa shape index (κ3) is 6.39. The summed E-state index contributed by atoms with van der Waals surface area (Å²) in [5, 5.41) is 7.35. The number of nitrogens with zero attached hydrogens (tertiary/aromatic N) is 1. The van der Waals surface area contributed by atoms with Gasteiger partial charge in [0.15, 0.2) is 0 Å². The Morgan fingerprint density at radius 1 is 1.08 bits per heavy atom. The first-order valence-corrected chi connectivity index (χ1v) is 8.30. The van der Waals surface area contributed by atoms with E-state index < -0.39 is 0 Å². The van der Waals surface area contributed by atoms with Gasteiger partial charge in [0.2, 0.25) is 5.91 Å². The van der Waals surface area contributed by atoms with Gasteiger partial charge in [-0.15, -0.1) is 0 Å². The Bertz CT molecular complexity index is 753. The highest BCUT2D eigenvalue weighted by atomic mass is 35.5. The Kier molecular flexibility index (Phi) is 6.71. The van der Waals surface area contributed by atoms with Gasteiger partial charge in [-0.1, -0.05) is 37.6 Å². The maximum Gasteiger partial charge on any atom is 0.271 e. The molecular formula is C19H20ClN3O2. The van der Waals surface area contributed by atoms with E-state index in [1.807, 2.05) is 13.8 Å². The predicted molar refractivity (Wildman–Crippen MR) is 101 cm³/mol. The highest BCUT2D eigenvalue weighted by Gasteiger charge is 2.07. The van der Waals surface area contributed by atoms with Crippen LogP contribution in [-0.2, 0) is 4.79 Å². The number of hydrogen-bond acceptors (Lipinski definition) is 3. The summed E-state index contributed by atoms with van der Waals surface area (Å²) in [6, 6.07) is 13.7. The van der Waals surface area contributed by atoms with Gasteiger partial charge < -0.3 is 5.32 Å². The fourth-order valence-corrected chi connectivity index (χ4v) is 2.19. The van der Waals surface area contributed by atoms with E-state index in [0.717, 1.165) is 5.56 Å². The number of carbonyl (C=O) groups excluding carboxylic acids is 2. The number of nitrogens with one attached hydrogen (secondary N) is 2. The standard InChI is InChI=1S/C19H20ClN3O2/c1-13(2)11-18(24)22-17-9-5-15(6-10-17)19(25)23-21-12-14-3-7-16(20)8-4-14/h3-10,12-13H,11H2,1-2H3,(H,22,24)(H,23,25)/b21-12+. The SMILES string of the molecule is CC(C)CC(=O)Nc1ccc(C(=O)N/N=C/c2ccc(Cl)cc2)cc1. The van der Waals surface area contributed by atoms with Gasteiger partial charge in [-0.25, -0.2) is 5.43 Å². The molecule has 0 unspecified atom stereocenters. The third-order valence-electron chi connectivity index (χ3n) is 3.27. The van der Waals surface area contributed by atoms with Gasteiger partial charge in [-0.05, 0) is 47.9 Å². The monoisotopic (exact) mass is 357 g/mol. The zero-order valence-electron chi connectivity index (χ0n) is 14.1. The highest BCUT2D eigenvalue weighted by molar-refractivity contribution is 6.30. The molecule has 0 saturated carbocycles. The van der Waals surface area contributed by atoms with Crippen LogP contribution in [0, 0.1) is 5.92 Å². The largest absolute Gasteiger partial charge is 0.326 e. The summed E-state index contributed by atoms with van der Waals surface area (Å²) >= 11 is 5.80. The number of anilines is 1. The van der Waals surface area contributed by atoms with Crippen LogP contribution in [0.3, 0.4) is 0 Å². The summed E-state index contributed by atoms with van der Waals surface area (Å²) in [7, 11) is 0. The molecule has 130 valence electrons. The second-order valence-electron chi connectivity index (χ2n) is 5.97. The maximum atomic E-state index is 12.0. The van der Waals surface area contributed by atoms with E-state index in [9.17, 15) is 9.59 Å². The molecule has 6 heteroatoms. The molecule has 0 aliphatic rings. The summed E-state index contributed by atoms with van der Waals surface area (Å²) in [5.41, 5.74) is 4.40. The average molecular weight is 358 g/mol. The molecular weight excluding hydrogens is 338 g/mol. The molecule has 0 bridgehead atoms. The number of amides is 2. The molecule has 0 radical (unpaired) electrons. The lowest BCUT2D eigenvalue weighted by Crippen LogP contribution is -2.18. The van der Waals surface area contributed by atoms with Gasteiger partial charge in [0.1, 0.15) is 0 Å². The Morgan fingerprint density at radius 3 is 2.32 bits per heavy atom. The topological polar surface area (TPSA) is 70.6 Å². The van der Waals surface area contributed by atoms with Crippen molar-refractivity contribution in [3.63, 3.8) is 0 Å². The lowest BCUT2D eigenvalue weighted by Gasteiger charge is -2.07. The van der Waals surface area contributed by atoms with Crippen LogP contribution in [0.5, 0.6) is 0 Å². The second kappa shape index (κ2) is 8.99. The van der Waals surface area contributed by atoms with E-state index in [4.69, 9.17) is 11.6 Å². The predicted octanol–water partition coefficient (Wildman–Crippen LogP) is 4.09. The molecule has 0 heterocycles. The zero-order chi connectivity index (χ0) is 18.2. The highest BCUT2D eigenvalue weighted by Crippen LogP contribution is 2.11. The van der Waals surface area contributed by atoms with Crippen molar-refractivity contribution < 1.29 is 9.59 Å². The van der Waals surface area contributed by atoms with Crippen LogP contribution in [0.15, 0.2) is 53.6 Å². The fourth-order valence-electron chi connectivity index (χ4n) is 2.07. The van der Waals surface area contributed by atoms with Crippen LogP contribution in [0.2, 0.25) is 5.02 Å². The Balaban J connectivity index is 1.89. The Hall–Kier alpha value is -2.66. The molecule has 0 aliphatic carbocycles. The number of halogens is 1. The Labute approximate surface area is 152 Å². The van der Waals surface area contributed by atoms with Gasteiger partial charge in [0.05, 0.1) is 6.21 Å². The summed E-state index contributed by atoms with van der Waals surface area (Å²) in [4.78, 5) is 23.8. The number of benzene rings is 2. The fraction of sp³-hybridized carbons (Fsp3) is 0.211. The molecule has 25 heavy (non-hydrogen) atoms. The van der Waals surface area contributed by atoms with Crippen LogP contribution < -0.4 is 10.7 Å². The average Bonchev–Trinajstić information content (AvgIpc) is 2.56. The van der Waals surface area contributed by atoms with E-state index in [-0.39, 0.29) is 11.8 Å². The molecule has 0 atom stereocenters. The first-order valence-electron chi connectivity index (χ1n) is 7.93. The van der Waals surface area contributed by atoms with Crippen molar-refractivity contribution in [3.05, 3.63) is 64.7 Å². The van der Waals surface area contributed by atoms with Crippen LogP contribution in [0.25, 0.3) is 0 Å². The number of hydrazone groups is 1. The van der Waals surface area contributed by atoms with E-state index in [0.29, 0.717) is 28.6 Å². The minimum atomic E-state index is -0.328. The molecule has 0 aliphatic heterocycles. The quantitative estimate of drug-likeness (QED) is 0.603. The molecule has 2 rings (SSSR count). The van der Waals surface area contributed by atoms with Crippen molar-refractivity contribution in [1.82, 2.24) is 5.43 Å². The zero-order valence-corrected chi connectivity index (χ0v) is 14.9. The summed E-state index contributed by atoms with van der Waals surface area (Å²) in [5.74, 6) is -0.0754. The summed E-state index contributed by atoms with van der Waals surface area (Å²) < 4.78 is 0. The first kappa shape index (κ1) is 18.7. The molecule has 0 spiro atoms. The number of hydrogen-bond donors (Lipinski definition) is 2. The molecule has 2 amide bonds. The maximum absolute atomic E-state index is 12.0. The van der Waals surface area contributed by atoms with Gasteiger partial charge >= 0.3 is 0 Å². The third-order valence-corrected chi connectivity index (χ3v) is 3.53. The van der Waals surface area contributed by atoms with Crippen molar-refractivity contribution in [2.24, 2.45) is 11.0 Å². The Morgan fingerprint density at radius 2 is 1.72 bits per heavy atom. The van der Waals surface area contributed by atoms with Crippen molar-refractivity contribution in [3.8, 4) is 0 Å². The van der Waals surface area contributed by atoms with E-state index in [2.05, 4.69) is 15.8 Å². The van der Waals surface area contributed by atoms with Crippen molar-refractivity contribution in [2.45, 2.75) is 20.3 Å². The van der Waals surface area contributed by atoms with E-state index >= 15 is 0 Å². The molecule has 2 aromatic carbocycles. The lowest BCUT2D eigenvalue weighted by atomic mass is 10.1. The lowest BCUT2D eigenvalue weighted by molar-refractivity contribution is -0.116. The molecule has 2 N–H and O–H groups in total. The van der Waals surface area contributed by atoms with Crippen molar-refractivity contribution in [2.75, 3.05) is 5.32 Å². The van der Waals surface area contributed by atoms with Gasteiger partial charge in [-0.2, -0.15) is 5.10 Å². The number of rotatable bonds is 6. The number of carbonyl (C=O) groups is 2. The molecule has 0 saturated heterocycles. The molecule has 0 fully saturated rings. The summed E-state index contributed by atoms with van der Waals surface area (Å²) in [6.45, 7) is 3.97. The smallest absolute Gasteiger partial charge is 0.271 e. The normalized spacial score (nSPS) is 10.9. The van der Waals surface area contributed by atoms with Crippen LogP contribution >= 0.6 is 11.6 Å². The van der Waals surface area contributed by atoms with Crippen LogP contribution in [0.4, 0.5) is 5.69 Å². The molecule has 0 aromatic heterocycles. The minimum absolute atomic E-state index is 0.0419. The second-order valence-corrected chi connectivity index (χ2v) is 6.41. The first-order chi connectivity index (χ1) is 11.9. The van der Waals surface area contributed by atoms with Crippen LogP contribution in [0.1, 0.15) is 36.2 Å². The van der Waals surface area contributed by atoms with Gasteiger partial charge in [0, 0.05) is 22.7 Å². The minimum Gasteiger partial charge on any atom is -0.326 e. The molecule has 2 aromatic rings. The van der Waals surface area contributed by atoms with Crippen LogP contribution in [-0.4, -0.2) is 18.0 Å². The van der Waals surface area contributed by atoms with E-state index in [1.54, 1.807) is 48.5 Å². The van der Waals surface area contributed by atoms with Gasteiger partial charge in [0.25, 0.3) is 5.91 Å².